The Hall–Kier alpha value is -2.35. The number of carbonyl (C=O) groups excluding carboxylic acids is 2. The third-order valence-corrected chi connectivity index (χ3v) is 5.18. The van der Waals surface area contributed by atoms with E-state index in [-0.39, 0.29) is 31.9 Å². The molecular weight excluding hydrogens is 453 g/mol. The van der Waals surface area contributed by atoms with Crippen LogP contribution in [-0.2, 0) is 19.6 Å². The highest BCUT2D eigenvalue weighted by Gasteiger charge is 2.21. The summed E-state index contributed by atoms with van der Waals surface area (Å²) < 4.78 is 27.8. The van der Waals surface area contributed by atoms with E-state index in [2.05, 4.69) is 5.32 Å². The number of hydrogen-bond acceptors (Lipinski definition) is 6. The Labute approximate surface area is 174 Å². The van der Waals surface area contributed by atoms with Crippen LogP contribution in [0.4, 0.5) is 5.69 Å². The standard InChI is InChI=1S/C16H10Cl3N3O5S/c17-9-2-1-8(6-20)13(3-9)22-15(23)7-27-16(24)10-4-14(28(21,25)26)12(19)5-11(10)18/h1-5H,7H2,(H,22,23)(H2,21,25,26). The molecule has 0 saturated heterocycles. The maximum absolute atomic E-state index is 12.2. The first-order valence-electron chi connectivity index (χ1n) is 7.21. The number of nitriles is 1. The summed E-state index contributed by atoms with van der Waals surface area (Å²) >= 11 is 17.4. The van der Waals surface area contributed by atoms with Gasteiger partial charge in [-0.15, -0.1) is 0 Å². The molecule has 0 spiro atoms. The summed E-state index contributed by atoms with van der Waals surface area (Å²) in [6.45, 7) is -0.736. The van der Waals surface area contributed by atoms with Crippen molar-refractivity contribution in [2.45, 2.75) is 4.90 Å². The third kappa shape index (κ3) is 5.34. The first-order chi connectivity index (χ1) is 13.0. The van der Waals surface area contributed by atoms with Crippen LogP contribution in [0.3, 0.4) is 0 Å². The monoisotopic (exact) mass is 461 g/mol. The highest BCUT2D eigenvalue weighted by Crippen LogP contribution is 2.28. The molecule has 8 nitrogen and oxygen atoms in total. The first kappa shape index (κ1) is 21.9. The van der Waals surface area contributed by atoms with E-state index in [1.54, 1.807) is 0 Å². The fourth-order valence-corrected chi connectivity index (χ4v) is 3.58. The molecule has 0 heterocycles. The lowest BCUT2D eigenvalue weighted by Crippen LogP contribution is -2.22. The zero-order valence-corrected chi connectivity index (χ0v) is 16.8. The predicted octanol–water partition coefficient (Wildman–Crippen LogP) is 2.96. The van der Waals surface area contributed by atoms with Crippen LogP contribution >= 0.6 is 34.8 Å². The molecule has 0 saturated carbocycles. The summed E-state index contributed by atoms with van der Waals surface area (Å²) in [7, 11) is -4.21. The number of sulfonamides is 1. The molecule has 3 N–H and O–H groups in total. The zero-order valence-electron chi connectivity index (χ0n) is 13.7. The molecule has 0 radical (unpaired) electrons. The predicted molar refractivity (Wildman–Crippen MR) is 103 cm³/mol. The number of rotatable bonds is 5. The molecule has 0 aliphatic heterocycles. The summed E-state index contributed by atoms with van der Waals surface area (Å²) in [4.78, 5) is 23.6. The maximum Gasteiger partial charge on any atom is 0.340 e. The average molecular weight is 463 g/mol. The van der Waals surface area contributed by atoms with Gasteiger partial charge in [-0.3, -0.25) is 4.79 Å². The number of benzene rings is 2. The molecule has 2 aromatic carbocycles. The van der Waals surface area contributed by atoms with E-state index in [9.17, 15) is 18.0 Å². The van der Waals surface area contributed by atoms with Crippen molar-refractivity contribution in [1.82, 2.24) is 0 Å². The molecule has 0 unspecified atom stereocenters. The molecule has 0 bridgehead atoms. The van der Waals surface area contributed by atoms with Gasteiger partial charge < -0.3 is 10.1 Å². The number of esters is 1. The second kappa shape index (κ2) is 8.77. The molecule has 0 aliphatic carbocycles. The molecule has 146 valence electrons. The van der Waals surface area contributed by atoms with Gasteiger partial charge in [0.25, 0.3) is 5.91 Å². The van der Waals surface area contributed by atoms with E-state index in [4.69, 9.17) is 49.9 Å². The minimum absolute atomic E-state index is 0.136. The van der Waals surface area contributed by atoms with Gasteiger partial charge in [-0.1, -0.05) is 34.8 Å². The van der Waals surface area contributed by atoms with Crippen LogP contribution in [0, 0.1) is 11.3 Å². The summed E-state index contributed by atoms with van der Waals surface area (Å²) in [5, 5.41) is 16.2. The summed E-state index contributed by atoms with van der Waals surface area (Å²) in [6.07, 6.45) is 0. The van der Waals surface area contributed by atoms with E-state index in [1.165, 1.54) is 18.2 Å². The number of nitrogens with two attached hydrogens (primary N) is 1. The van der Waals surface area contributed by atoms with Crippen molar-refractivity contribution in [3.63, 3.8) is 0 Å². The number of carbonyl (C=O) groups is 2. The molecule has 28 heavy (non-hydrogen) atoms. The van der Waals surface area contributed by atoms with Crippen molar-refractivity contribution < 1.29 is 22.7 Å². The summed E-state index contributed by atoms with van der Waals surface area (Å²) in [5.41, 5.74) is -0.0527. The van der Waals surface area contributed by atoms with E-state index < -0.39 is 33.4 Å². The Kier molecular flexibility index (Phi) is 6.87. The van der Waals surface area contributed by atoms with E-state index in [0.29, 0.717) is 0 Å². The van der Waals surface area contributed by atoms with E-state index in [0.717, 1.165) is 12.1 Å². The van der Waals surface area contributed by atoms with Crippen molar-refractivity contribution in [1.29, 1.82) is 5.26 Å². The van der Waals surface area contributed by atoms with Crippen LogP contribution in [0.15, 0.2) is 35.2 Å². The molecule has 0 atom stereocenters. The minimum atomic E-state index is -4.21. The van der Waals surface area contributed by atoms with Crippen LogP contribution < -0.4 is 10.5 Å². The fraction of sp³-hybridized carbons (Fsp3) is 0.0625. The van der Waals surface area contributed by atoms with Gasteiger partial charge in [0, 0.05) is 5.02 Å². The Morgan fingerprint density at radius 3 is 2.43 bits per heavy atom. The van der Waals surface area contributed by atoms with Crippen molar-refractivity contribution in [3.8, 4) is 6.07 Å². The van der Waals surface area contributed by atoms with Crippen molar-refractivity contribution in [3.05, 3.63) is 56.5 Å². The largest absolute Gasteiger partial charge is 0.452 e. The topological polar surface area (TPSA) is 139 Å². The number of ether oxygens (including phenoxy) is 1. The lowest BCUT2D eigenvalue weighted by Gasteiger charge is -2.10. The van der Waals surface area contributed by atoms with E-state index >= 15 is 0 Å². The molecule has 2 rings (SSSR count). The number of halogens is 3. The normalized spacial score (nSPS) is 10.8. The molecule has 2 aromatic rings. The Morgan fingerprint density at radius 2 is 1.82 bits per heavy atom. The van der Waals surface area contributed by atoms with E-state index in [1.807, 2.05) is 6.07 Å². The summed E-state index contributed by atoms with van der Waals surface area (Å²) in [5.74, 6) is -1.84. The van der Waals surface area contributed by atoms with Gasteiger partial charge in [-0.2, -0.15) is 5.26 Å². The third-order valence-electron chi connectivity index (χ3n) is 3.26. The van der Waals surface area contributed by atoms with Crippen molar-refractivity contribution in [2.75, 3.05) is 11.9 Å². The average Bonchev–Trinajstić information content (AvgIpc) is 2.59. The minimum Gasteiger partial charge on any atom is -0.452 e. The van der Waals surface area contributed by atoms with Gasteiger partial charge in [0.2, 0.25) is 10.0 Å². The van der Waals surface area contributed by atoms with Gasteiger partial charge in [0.05, 0.1) is 26.9 Å². The van der Waals surface area contributed by atoms with Gasteiger partial charge in [0.1, 0.15) is 11.0 Å². The first-order valence-corrected chi connectivity index (χ1v) is 9.89. The second-order valence-electron chi connectivity index (χ2n) is 5.23. The fourth-order valence-electron chi connectivity index (χ4n) is 2.02. The number of nitrogens with one attached hydrogen (secondary N) is 1. The molecular formula is C16H10Cl3N3O5S. The molecule has 12 heteroatoms. The van der Waals surface area contributed by atoms with Crippen molar-refractivity contribution in [2.24, 2.45) is 5.14 Å². The molecule has 0 aromatic heterocycles. The van der Waals surface area contributed by atoms with Crippen LogP contribution in [0.5, 0.6) is 0 Å². The Balaban J connectivity index is 2.14. The SMILES string of the molecule is N#Cc1ccc(Cl)cc1NC(=O)COC(=O)c1cc(S(N)(=O)=O)c(Cl)cc1Cl. The molecule has 0 fully saturated rings. The smallest absolute Gasteiger partial charge is 0.340 e. The summed E-state index contributed by atoms with van der Waals surface area (Å²) in [6, 6.07) is 7.98. The zero-order chi connectivity index (χ0) is 21.1. The van der Waals surface area contributed by atoms with Gasteiger partial charge in [-0.05, 0) is 30.3 Å². The highest BCUT2D eigenvalue weighted by molar-refractivity contribution is 7.89. The number of primary sulfonamides is 1. The van der Waals surface area contributed by atoms with Gasteiger partial charge in [-0.25, -0.2) is 18.4 Å². The van der Waals surface area contributed by atoms with Crippen LogP contribution in [0.2, 0.25) is 15.1 Å². The number of amides is 1. The van der Waals surface area contributed by atoms with Crippen LogP contribution in [0.1, 0.15) is 15.9 Å². The maximum atomic E-state index is 12.2. The van der Waals surface area contributed by atoms with Crippen LogP contribution in [0.25, 0.3) is 0 Å². The second-order valence-corrected chi connectivity index (χ2v) is 8.01. The highest BCUT2D eigenvalue weighted by atomic mass is 35.5. The van der Waals surface area contributed by atoms with Gasteiger partial charge >= 0.3 is 5.97 Å². The molecule has 0 aliphatic rings. The van der Waals surface area contributed by atoms with Gasteiger partial charge in [0.15, 0.2) is 6.61 Å². The number of anilines is 1. The van der Waals surface area contributed by atoms with Crippen LogP contribution in [-0.4, -0.2) is 26.9 Å². The number of hydrogen-bond donors (Lipinski definition) is 2. The molecule has 1 amide bonds. The Morgan fingerprint density at radius 1 is 1.14 bits per heavy atom. The lowest BCUT2D eigenvalue weighted by molar-refractivity contribution is -0.119. The van der Waals surface area contributed by atoms with Crippen molar-refractivity contribution >= 4 is 62.4 Å². The number of nitrogens with zero attached hydrogens (tertiary/aromatic N) is 1. The quantitative estimate of drug-likeness (QED) is 0.655. The Bertz CT molecular complexity index is 1110. The lowest BCUT2D eigenvalue weighted by atomic mass is 10.2.